The average Bonchev–Trinajstić information content (AvgIpc) is 2.27. The highest BCUT2D eigenvalue weighted by Crippen LogP contribution is 2.15. The van der Waals surface area contributed by atoms with Gasteiger partial charge >= 0.3 is 6.01 Å². The third-order valence-electron chi connectivity index (χ3n) is 1.79. The Morgan fingerprint density at radius 3 is 2.50 bits per heavy atom. The fraction of sp³-hybridized carbons (Fsp3) is 0.500. The zero-order valence-corrected chi connectivity index (χ0v) is 10.1. The Kier molecular flexibility index (Phi) is 5.32. The van der Waals surface area contributed by atoms with E-state index in [9.17, 15) is 0 Å². The van der Waals surface area contributed by atoms with Crippen molar-refractivity contribution in [2.75, 3.05) is 13.2 Å². The molecule has 0 spiro atoms. The summed E-state index contributed by atoms with van der Waals surface area (Å²) in [6.45, 7) is 7.03. The molecule has 4 heteroatoms. The van der Waals surface area contributed by atoms with E-state index in [1.165, 1.54) is 0 Å². The van der Waals surface area contributed by atoms with Crippen LogP contribution in [0.15, 0.2) is 12.1 Å². The predicted molar refractivity (Wildman–Crippen MR) is 63.7 cm³/mol. The maximum atomic E-state index is 5.35. The van der Waals surface area contributed by atoms with E-state index in [0.29, 0.717) is 25.1 Å². The molecule has 0 atom stereocenters. The second-order valence-electron chi connectivity index (χ2n) is 3.09. The summed E-state index contributed by atoms with van der Waals surface area (Å²) in [6, 6.07) is 2.17. The van der Waals surface area contributed by atoms with Crippen molar-refractivity contribution in [2.45, 2.75) is 27.2 Å². The molecule has 0 aromatic carbocycles. The number of ether oxygens (including phenoxy) is 2. The van der Waals surface area contributed by atoms with Gasteiger partial charge in [-0.2, -0.15) is 9.97 Å². The smallest absolute Gasteiger partial charge is 0.320 e. The first-order valence-electron chi connectivity index (χ1n) is 5.61. The molecule has 0 aliphatic heterocycles. The number of rotatable bonds is 6. The fourth-order valence-corrected chi connectivity index (χ4v) is 1.16. The Balaban J connectivity index is 2.93. The summed E-state index contributed by atoms with van der Waals surface area (Å²) >= 11 is 0. The molecule has 0 N–H and O–H groups in total. The largest absolute Gasteiger partial charge is 0.478 e. The van der Waals surface area contributed by atoms with E-state index in [1.54, 1.807) is 6.07 Å². The molecule has 0 aliphatic carbocycles. The van der Waals surface area contributed by atoms with Crippen molar-refractivity contribution >= 4 is 6.08 Å². The maximum Gasteiger partial charge on any atom is 0.320 e. The van der Waals surface area contributed by atoms with Gasteiger partial charge in [0.1, 0.15) is 0 Å². The van der Waals surface area contributed by atoms with Crippen molar-refractivity contribution in [1.29, 1.82) is 0 Å². The molecule has 88 valence electrons. The molecular formula is C12H18N2O2. The highest BCUT2D eigenvalue weighted by Gasteiger charge is 2.03. The number of allylic oxidation sites excluding steroid dienone is 1. The van der Waals surface area contributed by atoms with E-state index in [1.807, 2.05) is 26.0 Å². The zero-order chi connectivity index (χ0) is 11.8. The Hall–Kier alpha value is -1.58. The Morgan fingerprint density at radius 1 is 1.12 bits per heavy atom. The SMILES string of the molecule is CCC=Cc1cc(OCC)nc(OCC)n1. The van der Waals surface area contributed by atoms with Crippen molar-refractivity contribution in [2.24, 2.45) is 0 Å². The second kappa shape index (κ2) is 6.82. The van der Waals surface area contributed by atoms with Crippen LogP contribution in [0.4, 0.5) is 0 Å². The fourth-order valence-electron chi connectivity index (χ4n) is 1.16. The lowest BCUT2D eigenvalue weighted by atomic mass is 10.3. The Labute approximate surface area is 96.3 Å². The van der Waals surface area contributed by atoms with E-state index < -0.39 is 0 Å². The summed E-state index contributed by atoms with van der Waals surface area (Å²) < 4.78 is 10.6. The van der Waals surface area contributed by atoms with E-state index in [-0.39, 0.29) is 0 Å². The normalized spacial score (nSPS) is 10.7. The monoisotopic (exact) mass is 222 g/mol. The van der Waals surface area contributed by atoms with Crippen LogP contribution in [-0.4, -0.2) is 23.2 Å². The Morgan fingerprint density at radius 2 is 1.88 bits per heavy atom. The quantitative estimate of drug-likeness (QED) is 0.742. The van der Waals surface area contributed by atoms with E-state index >= 15 is 0 Å². The molecule has 0 saturated heterocycles. The number of nitrogens with zero attached hydrogens (tertiary/aromatic N) is 2. The van der Waals surface area contributed by atoms with Crippen LogP contribution in [-0.2, 0) is 0 Å². The van der Waals surface area contributed by atoms with Crippen LogP contribution in [0.1, 0.15) is 32.9 Å². The first-order chi connectivity index (χ1) is 7.80. The van der Waals surface area contributed by atoms with E-state index in [2.05, 4.69) is 16.9 Å². The van der Waals surface area contributed by atoms with Gasteiger partial charge in [0, 0.05) is 6.07 Å². The summed E-state index contributed by atoms with van der Waals surface area (Å²) in [5.74, 6) is 0.553. The second-order valence-corrected chi connectivity index (χ2v) is 3.09. The van der Waals surface area contributed by atoms with Gasteiger partial charge in [0.25, 0.3) is 0 Å². The lowest BCUT2D eigenvalue weighted by Crippen LogP contribution is -2.02. The number of hydrogen-bond donors (Lipinski definition) is 0. The number of aromatic nitrogens is 2. The maximum absolute atomic E-state index is 5.35. The average molecular weight is 222 g/mol. The standard InChI is InChI=1S/C12H18N2O2/c1-4-7-8-10-9-11(15-5-2)14-12(13-10)16-6-3/h7-9H,4-6H2,1-3H3. The number of hydrogen-bond acceptors (Lipinski definition) is 4. The summed E-state index contributed by atoms with van der Waals surface area (Å²) in [7, 11) is 0. The van der Waals surface area contributed by atoms with Crippen LogP contribution in [0.2, 0.25) is 0 Å². The summed E-state index contributed by atoms with van der Waals surface area (Å²) in [6.07, 6.45) is 4.94. The van der Waals surface area contributed by atoms with Crippen molar-refractivity contribution in [3.8, 4) is 11.9 Å². The molecule has 0 radical (unpaired) electrons. The molecule has 0 unspecified atom stereocenters. The van der Waals surface area contributed by atoms with Gasteiger partial charge in [-0.1, -0.05) is 13.0 Å². The molecule has 0 saturated carbocycles. The van der Waals surface area contributed by atoms with Gasteiger partial charge in [-0.15, -0.1) is 0 Å². The first kappa shape index (κ1) is 12.5. The van der Waals surface area contributed by atoms with Gasteiger partial charge in [0.05, 0.1) is 18.9 Å². The summed E-state index contributed by atoms with van der Waals surface area (Å²) in [5, 5.41) is 0. The lowest BCUT2D eigenvalue weighted by Gasteiger charge is -2.06. The highest BCUT2D eigenvalue weighted by atomic mass is 16.5. The summed E-state index contributed by atoms with van der Waals surface area (Å²) in [4.78, 5) is 8.37. The molecule has 0 bridgehead atoms. The molecular weight excluding hydrogens is 204 g/mol. The van der Waals surface area contributed by atoms with Gasteiger partial charge in [-0.25, -0.2) is 0 Å². The third kappa shape index (κ3) is 3.88. The third-order valence-corrected chi connectivity index (χ3v) is 1.79. The predicted octanol–water partition coefficient (Wildman–Crippen LogP) is 2.70. The van der Waals surface area contributed by atoms with Gasteiger partial charge in [-0.05, 0) is 26.3 Å². The molecule has 1 heterocycles. The minimum absolute atomic E-state index is 0.365. The molecule has 1 aromatic rings. The van der Waals surface area contributed by atoms with Gasteiger partial charge in [-0.3, -0.25) is 0 Å². The van der Waals surface area contributed by atoms with Crippen molar-refractivity contribution < 1.29 is 9.47 Å². The minimum Gasteiger partial charge on any atom is -0.478 e. The Bertz CT molecular complexity index is 327. The van der Waals surface area contributed by atoms with E-state index in [0.717, 1.165) is 12.1 Å². The zero-order valence-electron chi connectivity index (χ0n) is 10.1. The van der Waals surface area contributed by atoms with Gasteiger partial charge in [0.15, 0.2) is 0 Å². The molecule has 16 heavy (non-hydrogen) atoms. The molecule has 1 aromatic heterocycles. The van der Waals surface area contributed by atoms with Crippen molar-refractivity contribution in [3.63, 3.8) is 0 Å². The minimum atomic E-state index is 0.365. The van der Waals surface area contributed by atoms with Gasteiger partial charge in [0.2, 0.25) is 5.88 Å². The first-order valence-corrected chi connectivity index (χ1v) is 5.61. The van der Waals surface area contributed by atoms with Crippen LogP contribution in [0.5, 0.6) is 11.9 Å². The van der Waals surface area contributed by atoms with Crippen LogP contribution in [0.3, 0.4) is 0 Å². The van der Waals surface area contributed by atoms with Crippen LogP contribution >= 0.6 is 0 Å². The molecule has 0 fully saturated rings. The molecule has 0 aliphatic rings. The van der Waals surface area contributed by atoms with Gasteiger partial charge < -0.3 is 9.47 Å². The summed E-state index contributed by atoms with van der Waals surface area (Å²) in [5.41, 5.74) is 0.809. The van der Waals surface area contributed by atoms with Crippen molar-refractivity contribution in [1.82, 2.24) is 9.97 Å². The van der Waals surface area contributed by atoms with Crippen LogP contribution < -0.4 is 9.47 Å². The topological polar surface area (TPSA) is 44.2 Å². The lowest BCUT2D eigenvalue weighted by molar-refractivity contribution is 0.288. The van der Waals surface area contributed by atoms with Crippen LogP contribution in [0, 0.1) is 0 Å². The molecule has 0 amide bonds. The molecule has 4 nitrogen and oxygen atoms in total. The van der Waals surface area contributed by atoms with E-state index in [4.69, 9.17) is 9.47 Å². The highest BCUT2D eigenvalue weighted by molar-refractivity contribution is 5.46. The van der Waals surface area contributed by atoms with Crippen molar-refractivity contribution in [3.05, 3.63) is 17.8 Å². The molecule has 1 rings (SSSR count). The van der Waals surface area contributed by atoms with Crippen LogP contribution in [0.25, 0.3) is 6.08 Å².